The molecule has 1 N–H and O–H groups in total. The van der Waals surface area contributed by atoms with Gasteiger partial charge in [-0.05, 0) is 47.5 Å². The number of hydrogen-bond acceptors (Lipinski definition) is 6. The second-order valence-corrected chi connectivity index (χ2v) is 9.31. The fourth-order valence-corrected chi connectivity index (χ4v) is 4.65. The molecule has 4 atom stereocenters. The summed E-state index contributed by atoms with van der Waals surface area (Å²) in [6.07, 6.45) is 2.03. The number of hydrogen-bond donors (Lipinski definition) is 1. The lowest BCUT2D eigenvalue weighted by Gasteiger charge is -2.36. The topological polar surface area (TPSA) is 71.4 Å². The number of amides is 1. The van der Waals surface area contributed by atoms with E-state index in [1.54, 1.807) is 16.7 Å². The minimum absolute atomic E-state index is 0.130. The minimum Gasteiger partial charge on any atom is -0.444 e. The van der Waals surface area contributed by atoms with Gasteiger partial charge in [-0.2, -0.15) is 0 Å². The largest absolute Gasteiger partial charge is 0.444 e. The number of thioether (sulfide) groups is 1. The molecule has 0 aromatic carbocycles. The zero-order valence-corrected chi connectivity index (χ0v) is 17.0. The Labute approximate surface area is 155 Å². The first-order valence-electron chi connectivity index (χ1n) is 9.07. The first kappa shape index (κ1) is 20.5. The van der Waals surface area contributed by atoms with Crippen LogP contribution in [0.3, 0.4) is 0 Å². The average Bonchev–Trinajstić information content (AvgIpc) is 2.99. The molecule has 6 nitrogen and oxygen atoms in total. The van der Waals surface area contributed by atoms with Gasteiger partial charge in [0.2, 0.25) is 0 Å². The Hall–Kier alpha value is -0.790. The number of ether oxygens (including phenoxy) is 2. The monoisotopic (exact) mass is 372 g/mol. The zero-order chi connectivity index (χ0) is 18.8. The molecule has 0 aliphatic carbocycles. The summed E-state index contributed by atoms with van der Waals surface area (Å²) in [7, 11) is 0. The van der Waals surface area contributed by atoms with Crippen LogP contribution in [-0.2, 0) is 9.47 Å². The number of nitrogens with zero attached hydrogens (tertiary/aromatic N) is 2. The quantitative estimate of drug-likeness (QED) is 0.801. The van der Waals surface area contributed by atoms with Crippen LogP contribution < -0.4 is 0 Å². The highest BCUT2D eigenvalue weighted by Crippen LogP contribution is 2.38. The summed E-state index contributed by atoms with van der Waals surface area (Å²) in [4.78, 5) is 19.1. The predicted octanol–water partition coefficient (Wildman–Crippen LogP) is 3.42. The smallest absolute Gasteiger partial charge is 0.412 e. The summed E-state index contributed by atoms with van der Waals surface area (Å²) in [6, 6.07) is -0.124. The molecule has 1 amide bonds. The van der Waals surface area contributed by atoms with Gasteiger partial charge in [-0.3, -0.25) is 9.89 Å². The van der Waals surface area contributed by atoms with Crippen molar-refractivity contribution in [3.05, 3.63) is 0 Å². The molecule has 2 rings (SSSR count). The molecule has 2 aliphatic heterocycles. The number of aliphatic imine (C=N–C) groups is 1. The molecule has 0 aromatic heterocycles. The second-order valence-electron chi connectivity index (χ2n) is 8.22. The summed E-state index contributed by atoms with van der Waals surface area (Å²) in [5.41, 5.74) is 0.509. The molecule has 7 heteroatoms. The molecule has 0 saturated carbocycles. The Bertz CT molecular complexity index is 504. The average molecular weight is 373 g/mol. The van der Waals surface area contributed by atoms with Gasteiger partial charge in [0.05, 0.1) is 24.2 Å². The van der Waals surface area contributed by atoms with E-state index in [-0.39, 0.29) is 18.7 Å². The highest BCUT2D eigenvalue weighted by molar-refractivity contribution is 8.12. The van der Waals surface area contributed by atoms with Crippen molar-refractivity contribution in [2.24, 2.45) is 4.99 Å². The van der Waals surface area contributed by atoms with E-state index in [2.05, 4.69) is 11.9 Å². The van der Waals surface area contributed by atoms with Crippen molar-refractivity contribution in [2.45, 2.75) is 95.6 Å². The van der Waals surface area contributed by atoms with Crippen LogP contribution in [0, 0.1) is 0 Å². The lowest BCUT2D eigenvalue weighted by Crippen LogP contribution is -2.51. The third kappa shape index (κ3) is 4.89. The van der Waals surface area contributed by atoms with E-state index in [0.29, 0.717) is 11.7 Å². The van der Waals surface area contributed by atoms with Crippen LogP contribution in [0.15, 0.2) is 4.99 Å². The van der Waals surface area contributed by atoms with Crippen LogP contribution in [-0.4, -0.2) is 63.0 Å². The van der Waals surface area contributed by atoms with Crippen molar-refractivity contribution in [2.75, 3.05) is 6.61 Å². The van der Waals surface area contributed by atoms with Crippen molar-refractivity contribution in [3.63, 3.8) is 0 Å². The number of aliphatic hydroxyl groups excluding tert-OH is 1. The molecule has 0 aromatic rings. The van der Waals surface area contributed by atoms with Crippen LogP contribution in [0.2, 0.25) is 0 Å². The van der Waals surface area contributed by atoms with Crippen molar-refractivity contribution in [1.29, 1.82) is 0 Å². The van der Waals surface area contributed by atoms with E-state index in [9.17, 15) is 9.90 Å². The standard InChI is InChI=1S/C18H32N2O4S/c1-7-8-15-12(19-11-25-15)9-13-14(10-21)23-18(5,6)20(13)16(22)24-17(2,3)4/h11-15,21H,7-10H2,1-6H3/t12?,13-,14+,15?/m0/s1. The Morgan fingerprint density at radius 1 is 1.44 bits per heavy atom. The van der Waals surface area contributed by atoms with Crippen molar-refractivity contribution < 1.29 is 19.4 Å². The second kappa shape index (κ2) is 7.84. The molecular formula is C18H32N2O4S. The Morgan fingerprint density at radius 3 is 2.68 bits per heavy atom. The van der Waals surface area contributed by atoms with Crippen LogP contribution in [0.1, 0.15) is 60.8 Å². The molecule has 1 saturated heterocycles. The zero-order valence-electron chi connectivity index (χ0n) is 16.2. The van der Waals surface area contributed by atoms with Crippen molar-refractivity contribution in [3.8, 4) is 0 Å². The lowest BCUT2D eigenvalue weighted by molar-refractivity contribution is -0.0866. The number of aliphatic hydroxyl groups is 1. The molecule has 1 fully saturated rings. The lowest BCUT2D eigenvalue weighted by atomic mass is 9.97. The van der Waals surface area contributed by atoms with Crippen LogP contribution in [0.25, 0.3) is 0 Å². The third-order valence-corrected chi connectivity index (χ3v) is 5.67. The van der Waals surface area contributed by atoms with Gasteiger partial charge in [0, 0.05) is 5.25 Å². The van der Waals surface area contributed by atoms with Gasteiger partial charge >= 0.3 is 6.09 Å². The molecule has 144 valence electrons. The van der Waals surface area contributed by atoms with E-state index in [1.165, 1.54) is 0 Å². The first-order chi connectivity index (χ1) is 11.6. The van der Waals surface area contributed by atoms with Crippen LogP contribution >= 0.6 is 11.8 Å². The third-order valence-electron chi connectivity index (χ3n) is 4.52. The highest BCUT2D eigenvalue weighted by atomic mass is 32.2. The summed E-state index contributed by atoms with van der Waals surface area (Å²) in [5, 5.41) is 10.2. The maximum Gasteiger partial charge on any atom is 0.412 e. The molecule has 25 heavy (non-hydrogen) atoms. The molecule has 0 spiro atoms. The van der Waals surface area contributed by atoms with Crippen LogP contribution in [0.4, 0.5) is 4.79 Å². The van der Waals surface area contributed by atoms with Gasteiger partial charge in [-0.25, -0.2) is 4.79 Å². The molecule has 2 heterocycles. The van der Waals surface area contributed by atoms with E-state index in [0.717, 1.165) is 12.8 Å². The first-order valence-corrected chi connectivity index (χ1v) is 10.0. The number of carbonyl (C=O) groups excluding carboxylic acids is 1. The molecule has 0 bridgehead atoms. The summed E-state index contributed by atoms with van der Waals surface area (Å²) in [6.45, 7) is 11.3. The van der Waals surface area contributed by atoms with Crippen molar-refractivity contribution >= 4 is 23.4 Å². The van der Waals surface area contributed by atoms with Gasteiger partial charge in [0.15, 0.2) is 0 Å². The molecule has 2 unspecified atom stereocenters. The Kier molecular flexibility index (Phi) is 6.44. The van der Waals surface area contributed by atoms with Gasteiger partial charge in [-0.1, -0.05) is 13.3 Å². The fourth-order valence-electron chi connectivity index (χ4n) is 3.54. The number of rotatable bonds is 5. The maximum atomic E-state index is 12.8. The van der Waals surface area contributed by atoms with E-state index < -0.39 is 23.5 Å². The predicted molar refractivity (Wildman–Crippen MR) is 101 cm³/mol. The SMILES string of the molecule is CCCC1SC=NC1C[C@H]1[C@@H](CO)OC(C)(C)N1C(=O)OC(C)(C)C. The summed E-state index contributed by atoms with van der Waals surface area (Å²) < 4.78 is 11.6. The van der Waals surface area contributed by atoms with E-state index in [4.69, 9.17) is 9.47 Å². The van der Waals surface area contributed by atoms with Gasteiger partial charge < -0.3 is 14.6 Å². The van der Waals surface area contributed by atoms with Gasteiger partial charge in [0.25, 0.3) is 0 Å². The van der Waals surface area contributed by atoms with Crippen LogP contribution in [0.5, 0.6) is 0 Å². The van der Waals surface area contributed by atoms with E-state index in [1.807, 2.05) is 40.2 Å². The van der Waals surface area contributed by atoms with Crippen molar-refractivity contribution in [1.82, 2.24) is 4.90 Å². The molecular weight excluding hydrogens is 340 g/mol. The number of carbonyl (C=O) groups is 1. The summed E-state index contributed by atoms with van der Waals surface area (Å²) in [5.74, 6) is 0. The molecule has 2 aliphatic rings. The normalized spacial score (nSPS) is 31.6. The summed E-state index contributed by atoms with van der Waals surface area (Å²) >= 11 is 1.76. The Morgan fingerprint density at radius 2 is 2.12 bits per heavy atom. The van der Waals surface area contributed by atoms with E-state index >= 15 is 0 Å². The maximum absolute atomic E-state index is 12.8. The van der Waals surface area contributed by atoms with Gasteiger partial charge in [-0.15, -0.1) is 11.8 Å². The van der Waals surface area contributed by atoms with Gasteiger partial charge in [0.1, 0.15) is 17.4 Å². The Balaban J connectivity index is 2.21. The fraction of sp³-hybridized carbons (Fsp3) is 0.889. The molecule has 0 radical (unpaired) electrons. The highest BCUT2D eigenvalue weighted by Gasteiger charge is 2.52. The minimum atomic E-state index is -0.823.